The zero-order valence-electron chi connectivity index (χ0n) is 26.4. The molecule has 0 atom stereocenters. The molecule has 5 heterocycles. The van der Waals surface area contributed by atoms with Crippen LogP contribution in [0.15, 0.2) is 77.3 Å². The molecule has 1 aliphatic heterocycles. The van der Waals surface area contributed by atoms with Gasteiger partial charge in [-0.15, -0.1) is 10.2 Å². The molecule has 0 unspecified atom stereocenters. The van der Waals surface area contributed by atoms with Crippen molar-refractivity contribution in [3.05, 3.63) is 72.3 Å². The molecule has 230 valence electrons. The summed E-state index contributed by atoms with van der Waals surface area (Å²) in [6, 6.07) is 12.0. The Kier molecular flexibility index (Phi) is 7.87. The van der Waals surface area contributed by atoms with E-state index in [1.807, 2.05) is 57.8 Å². The molecule has 1 fully saturated rings. The molecule has 0 radical (unpaired) electrons. The number of nitrogens with two attached hydrogens (primary N) is 1. The van der Waals surface area contributed by atoms with Crippen molar-refractivity contribution in [3.63, 3.8) is 0 Å². The minimum atomic E-state index is 0.295. The molecule has 0 amide bonds. The van der Waals surface area contributed by atoms with E-state index in [1.165, 1.54) is 4.90 Å². The van der Waals surface area contributed by atoms with Crippen LogP contribution < -0.4 is 25.8 Å². The van der Waals surface area contributed by atoms with Gasteiger partial charge in [0, 0.05) is 18.9 Å². The van der Waals surface area contributed by atoms with E-state index in [4.69, 9.17) is 26.3 Å². The summed E-state index contributed by atoms with van der Waals surface area (Å²) in [4.78, 5) is 11.1. The van der Waals surface area contributed by atoms with Gasteiger partial charge in [0.2, 0.25) is 0 Å². The Bertz CT molecular complexity index is 1780. The van der Waals surface area contributed by atoms with Crippen LogP contribution in [-0.4, -0.2) is 109 Å². The lowest BCUT2D eigenvalue weighted by atomic mass is 10.0. The molecule has 4 aromatic rings. The molecule has 4 aromatic heterocycles. The lowest BCUT2D eigenvalue weighted by Crippen LogP contribution is -3.06. The molecular formula is C32H44N12+2. The number of pyridine rings is 2. The normalized spacial score (nSPS) is 17.9. The first-order valence-electron chi connectivity index (χ1n) is 15.3. The van der Waals surface area contributed by atoms with E-state index in [0.29, 0.717) is 22.8 Å². The van der Waals surface area contributed by atoms with Gasteiger partial charge in [-0.1, -0.05) is 12.1 Å². The summed E-state index contributed by atoms with van der Waals surface area (Å²) >= 11 is 0. The molecule has 0 aromatic carbocycles. The van der Waals surface area contributed by atoms with Crippen molar-refractivity contribution in [2.75, 3.05) is 89.1 Å². The Morgan fingerprint density at radius 3 is 2.39 bits per heavy atom. The van der Waals surface area contributed by atoms with Crippen molar-refractivity contribution in [2.45, 2.75) is 6.92 Å². The van der Waals surface area contributed by atoms with E-state index < -0.39 is 0 Å². The average Bonchev–Trinajstić information content (AvgIpc) is 3.54. The van der Waals surface area contributed by atoms with Crippen LogP contribution in [0.4, 0.5) is 23.0 Å². The number of hydrogen-bond donors (Lipinski definition) is 4. The number of fused-ring (bicyclic) bond motifs is 2. The summed E-state index contributed by atoms with van der Waals surface area (Å²) in [5, 5.41) is 22.3. The largest absolute Gasteiger partial charge is 0.397 e. The van der Waals surface area contributed by atoms with Crippen molar-refractivity contribution in [2.24, 2.45) is 10.7 Å². The Hall–Kier alpha value is -4.68. The van der Waals surface area contributed by atoms with Gasteiger partial charge < -0.3 is 30.2 Å². The van der Waals surface area contributed by atoms with Gasteiger partial charge in [-0.25, -0.2) is 14.0 Å². The highest BCUT2D eigenvalue weighted by Crippen LogP contribution is 2.35. The highest BCUT2D eigenvalue weighted by molar-refractivity contribution is 6.24. The van der Waals surface area contributed by atoms with Crippen LogP contribution in [-0.2, 0) is 0 Å². The number of quaternary nitrogens is 2. The molecule has 1 aliphatic carbocycles. The third-order valence-electron chi connectivity index (χ3n) is 8.49. The second kappa shape index (κ2) is 11.8. The number of nitrogens with one attached hydrogen (secondary N) is 3. The number of aromatic nitrogens is 4. The van der Waals surface area contributed by atoms with Gasteiger partial charge in [0.15, 0.2) is 11.6 Å². The highest BCUT2D eigenvalue weighted by Gasteiger charge is 2.29. The maximum absolute atomic E-state index is 8.85. The number of likely N-dealkylation sites (N-methyl/N-ethyl adjacent to an activating group) is 3. The molecule has 0 spiro atoms. The number of piperazine rings is 1. The van der Waals surface area contributed by atoms with E-state index in [1.54, 1.807) is 6.08 Å². The summed E-state index contributed by atoms with van der Waals surface area (Å²) in [6.45, 7) is 8.65. The summed E-state index contributed by atoms with van der Waals surface area (Å²) < 4.78 is 4.76. The molecule has 44 heavy (non-hydrogen) atoms. The van der Waals surface area contributed by atoms with Gasteiger partial charge in [-0.2, -0.15) is 0 Å². The number of aliphatic imine (C=N–C) groups is 1. The predicted molar refractivity (Wildman–Crippen MR) is 179 cm³/mol. The summed E-state index contributed by atoms with van der Waals surface area (Å²) in [7, 11) is 8.84. The van der Waals surface area contributed by atoms with Gasteiger partial charge in [-0.05, 0) is 43.3 Å². The monoisotopic (exact) mass is 596 g/mol. The molecule has 0 bridgehead atoms. The molecule has 1 saturated heterocycles. The topological polar surface area (TPSA) is 120 Å². The zero-order chi connectivity index (χ0) is 31.0. The van der Waals surface area contributed by atoms with E-state index in [2.05, 4.69) is 56.3 Å². The van der Waals surface area contributed by atoms with Gasteiger partial charge in [0.05, 0.1) is 101 Å². The second-order valence-electron chi connectivity index (χ2n) is 12.5. The lowest BCUT2D eigenvalue weighted by molar-refractivity contribution is -0.890. The number of rotatable bonds is 9. The number of nitrogens with zero attached hydrogens (tertiary/aromatic N) is 8. The fourth-order valence-electron chi connectivity index (χ4n) is 5.67. The van der Waals surface area contributed by atoms with Crippen LogP contribution in [0.1, 0.15) is 6.92 Å². The maximum Gasteiger partial charge on any atom is 0.177 e. The van der Waals surface area contributed by atoms with Crippen LogP contribution in [0.2, 0.25) is 0 Å². The molecule has 2 aliphatic rings. The third-order valence-corrected chi connectivity index (χ3v) is 8.49. The highest BCUT2D eigenvalue weighted by atomic mass is 15.4. The first-order chi connectivity index (χ1) is 21.1. The summed E-state index contributed by atoms with van der Waals surface area (Å²) in [5.41, 5.74) is 12.0. The predicted octanol–water partition coefficient (Wildman–Crippen LogP) is 1.79. The third kappa shape index (κ3) is 5.78. The van der Waals surface area contributed by atoms with Gasteiger partial charge in [0.25, 0.3) is 0 Å². The minimum Gasteiger partial charge on any atom is -0.397 e. The van der Waals surface area contributed by atoms with Crippen molar-refractivity contribution in [3.8, 4) is 0 Å². The molecule has 12 nitrogen and oxygen atoms in total. The van der Waals surface area contributed by atoms with Crippen LogP contribution in [0, 0.1) is 5.41 Å². The molecule has 5 N–H and O–H groups in total. The van der Waals surface area contributed by atoms with Crippen molar-refractivity contribution in [1.29, 1.82) is 5.41 Å². The molecule has 6 rings (SSSR count). The van der Waals surface area contributed by atoms with Crippen molar-refractivity contribution in [1.82, 2.24) is 19.2 Å². The summed E-state index contributed by atoms with van der Waals surface area (Å²) in [6.07, 6.45) is 7.45. The van der Waals surface area contributed by atoms with Crippen molar-refractivity contribution >= 4 is 45.5 Å². The minimum absolute atomic E-state index is 0.295. The van der Waals surface area contributed by atoms with Crippen LogP contribution in [0.25, 0.3) is 11.0 Å². The lowest BCUT2D eigenvalue weighted by Gasteiger charge is -2.39. The smallest absolute Gasteiger partial charge is 0.177 e. The fraction of sp³-hybridized carbons (Fsp3) is 0.375. The van der Waals surface area contributed by atoms with E-state index in [9.17, 15) is 0 Å². The van der Waals surface area contributed by atoms with E-state index in [0.717, 1.165) is 84.3 Å². The average molecular weight is 597 g/mol. The Balaban J connectivity index is 1.40. The van der Waals surface area contributed by atoms with E-state index in [-0.39, 0.29) is 0 Å². The Labute approximate surface area is 258 Å². The van der Waals surface area contributed by atoms with Gasteiger partial charge in [-0.3, -0.25) is 5.41 Å². The van der Waals surface area contributed by atoms with Crippen molar-refractivity contribution < 1.29 is 9.38 Å². The SMILES string of the molecule is CCN(CC[NH+](C)C)c1nn2ccccc2c1N=C1C=C(Nc2c(N3CC[N+](C)(C)CC3)nn3ccccc23)C(=N)C=C1N. The van der Waals surface area contributed by atoms with Gasteiger partial charge >= 0.3 is 0 Å². The van der Waals surface area contributed by atoms with E-state index >= 15 is 0 Å². The standard InChI is InChI=1S/C32H43N12/c1-6-40(16-15-39(2)3)31-29(27-11-7-9-13-42(27)37-31)35-25-22-26(24(34)21-23(25)33)36-30-28-12-8-10-14-43(28)38-32(30)41-17-19-44(4,5)20-18-41/h7-14,21-22,34,36H,6,15-20,33H2,1-5H3/q+1/p+1. The Morgan fingerprint density at radius 2 is 1.70 bits per heavy atom. The zero-order valence-corrected chi connectivity index (χ0v) is 26.4. The molecule has 0 saturated carbocycles. The van der Waals surface area contributed by atoms with Crippen LogP contribution in [0.5, 0.6) is 0 Å². The number of allylic oxidation sites excluding steroid dienone is 2. The fourth-order valence-corrected chi connectivity index (χ4v) is 5.67. The summed E-state index contributed by atoms with van der Waals surface area (Å²) in [5.74, 6) is 1.71. The molecular weight excluding hydrogens is 552 g/mol. The number of hydrogen-bond acceptors (Lipinski definition) is 8. The van der Waals surface area contributed by atoms with Crippen LogP contribution in [0.3, 0.4) is 0 Å². The molecule has 12 heteroatoms. The van der Waals surface area contributed by atoms with Crippen LogP contribution >= 0.6 is 0 Å². The Morgan fingerprint density at radius 1 is 1.02 bits per heavy atom. The maximum atomic E-state index is 8.85. The first-order valence-corrected chi connectivity index (χ1v) is 15.3. The second-order valence-corrected chi connectivity index (χ2v) is 12.5. The van der Waals surface area contributed by atoms with Gasteiger partial charge in [0.1, 0.15) is 11.4 Å². The quantitative estimate of drug-likeness (QED) is 0.173. The first kappa shape index (κ1) is 29.4. The number of anilines is 3.